The van der Waals surface area contributed by atoms with E-state index in [2.05, 4.69) is 553 Å². The minimum absolute atomic E-state index is 1.14. The van der Waals surface area contributed by atoms with E-state index in [-0.39, 0.29) is 0 Å². The van der Waals surface area contributed by atoms with Crippen LogP contribution in [-0.4, -0.2) is 0 Å². The second-order valence-corrected chi connectivity index (χ2v) is 39.3. The van der Waals surface area contributed by atoms with Crippen LogP contribution in [0.4, 0.5) is 102 Å². The van der Waals surface area contributed by atoms with Crippen molar-refractivity contribution in [3.8, 4) is 0 Å². The van der Waals surface area contributed by atoms with Crippen LogP contribution in [0.5, 0.6) is 0 Å². The highest BCUT2D eigenvalue weighted by molar-refractivity contribution is 6.31. The monoisotopic (exact) mass is 1830 g/mol. The molecule has 6 heteroatoms. The summed E-state index contributed by atoms with van der Waals surface area (Å²) in [6.07, 6.45) is 0. The van der Waals surface area contributed by atoms with Crippen LogP contribution >= 0.6 is 0 Å². The van der Waals surface area contributed by atoms with Gasteiger partial charge < -0.3 is 29.4 Å². The Bertz CT molecular complexity index is 8350. The molecule has 0 amide bonds. The number of anilines is 18. The summed E-state index contributed by atoms with van der Waals surface area (Å²) in [7, 11) is 0. The van der Waals surface area contributed by atoms with Crippen LogP contribution in [0.15, 0.2) is 413 Å². The second kappa shape index (κ2) is 37.2. The number of rotatable bonds is 18. The summed E-state index contributed by atoms with van der Waals surface area (Å²) in [5.41, 5.74) is 41.6. The third-order valence-electron chi connectivity index (χ3n) is 30.0. The molecule has 142 heavy (non-hydrogen) atoms. The first-order valence-corrected chi connectivity index (χ1v) is 49.8. The van der Waals surface area contributed by atoms with Gasteiger partial charge in [-0.3, -0.25) is 0 Å². The predicted molar refractivity (Wildman–Crippen MR) is 614 cm³/mol. The molecule has 24 rings (SSSR count). The molecule has 6 nitrogen and oxygen atoms in total. The van der Waals surface area contributed by atoms with Gasteiger partial charge in [0, 0.05) is 101 Å². The number of benzene rings is 24. The molecule has 0 aliphatic rings. The van der Waals surface area contributed by atoms with E-state index in [9.17, 15) is 0 Å². The van der Waals surface area contributed by atoms with Crippen molar-refractivity contribution in [1.29, 1.82) is 0 Å². The Morgan fingerprint density at radius 2 is 0.317 bits per heavy atom. The summed E-state index contributed by atoms with van der Waals surface area (Å²) in [6.45, 7) is 35.1. The molecule has 0 saturated carbocycles. The molecule has 0 aliphatic heterocycles. The topological polar surface area (TPSA) is 19.4 Å². The number of hydrogen-bond acceptors (Lipinski definition) is 6. The van der Waals surface area contributed by atoms with Crippen molar-refractivity contribution in [3.05, 3.63) is 502 Å². The molecule has 0 spiro atoms. The fourth-order valence-corrected chi connectivity index (χ4v) is 21.6. The van der Waals surface area contributed by atoms with Crippen molar-refractivity contribution in [1.82, 2.24) is 0 Å². The van der Waals surface area contributed by atoms with Gasteiger partial charge >= 0.3 is 0 Å². The third kappa shape index (κ3) is 16.4. The number of para-hydroxylation sites is 4. The van der Waals surface area contributed by atoms with Gasteiger partial charge in [-0.25, -0.2) is 0 Å². The fraction of sp³-hybridized carbons (Fsp3) is 0.118. The highest BCUT2D eigenvalue weighted by Gasteiger charge is 2.29. The van der Waals surface area contributed by atoms with E-state index in [1.165, 1.54) is 243 Å². The summed E-state index contributed by atoms with van der Waals surface area (Å²) in [6, 6.07) is 153. The second-order valence-electron chi connectivity index (χ2n) is 39.3. The van der Waals surface area contributed by atoms with E-state index in [4.69, 9.17) is 0 Å². The molecule has 0 saturated heterocycles. The molecule has 0 radical (unpaired) electrons. The molecular weight excluding hydrogens is 1720 g/mol. The van der Waals surface area contributed by atoms with Crippen LogP contribution in [0.3, 0.4) is 0 Å². The van der Waals surface area contributed by atoms with E-state index in [1.807, 2.05) is 0 Å². The smallest absolute Gasteiger partial charge is 0.0540 e. The van der Waals surface area contributed by atoms with Crippen LogP contribution in [0.1, 0.15) is 89.0 Å². The van der Waals surface area contributed by atoms with Crippen molar-refractivity contribution < 1.29 is 0 Å². The molecular formula is C136H116N6. The zero-order chi connectivity index (χ0) is 97.6. The zero-order valence-corrected chi connectivity index (χ0v) is 83.9. The van der Waals surface area contributed by atoms with Crippen LogP contribution in [0, 0.1) is 111 Å². The third-order valence-corrected chi connectivity index (χ3v) is 30.0. The summed E-state index contributed by atoms with van der Waals surface area (Å²) >= 11 is 0. The Labute approximate surface area is 835 Å². The maximum Gasteiger partial charge on any atom is 0.0540 e. The molecule has 24 aromatic rings. The van der Waals surface area contributed by atoms with Crippen molar-refractivity contribution >= 4 is 199 Å². The van der Waals surface area contributed by atoms with E-state index in [1.54, 1.807) is 0 Å². The molecule has 0 aromatic heterocycles. The highest BCUT2D eigenvalue weighted by atomic mass is 15.2. The molecule has 24 aromatic carbocycles. The standard InChI is InChI=1S/2C46H40N2.C44H36N2/c1-29-9-19-37(20-10-29)47(43-27-31(3)7-13-33(43)5)41-25-17-35-16-24-40-42(26-18-36-15-23-39(41)45(35)46(36)40)48(38-21-11-30(2)12-22-38)44-28-32(4)8-14-34(44)6;1-29-25-39(26-30(2)33(29)5)47(37-13-9-7-10-14-37)43-23-19-35-18-22-42-44(24-20-36-17-21-41(43)45(35)46(36)42)48(38-15-11-8-12-16-38)40-27-31(3)34(6)32(4)28-40;1-29-15-21-37(27-31(29)3)45(35-11-7-5-8-12-35)41-25-19-33-18-24-40-42(26-20-34-17-23-39(41)43(33)44(34)40)46(36-13-9-6-10-14-36)38-22-16-30(2)32(4)28-38/h2*7-28H,1-6H3;5-28H,1-4H3. The van der Waals surface area contributed by atoms with Crippen LogP contribution in [-0.2, 0) is 0 Å². The van der Waals surface area contributed by atoms with Crippen molar-refractivity contribution in [2.75, 3.05) is 29.4 Å². The number of nitrogens with zero attached hydrogens (tertiary/aromatic N) is 6. The lowest BCUT2D eigenvalue weighted by molar-refractivity contribution is 1.22. The lowest BCUT2D eigenvalue weighted by Gasteiger charge is -2.31. The van der Waals surface area contributed by atoms with Gasteiger partial charge in [-0.1, -0.05) is 254 Å². The Hall–Kier alpha value is -16.8. The maximum absolute atomic E-state index is 2.45. The van der Waals surface area contributed by atoms with Gasteiger partial charge in [0.05, 0.1) is 34.1 Å². The lowest BCUT2D eigenvalue weighted by atomic mass is 9.91. The fourth-order valence-electron chi connectivity index (χ4n) is 21.6. The van der Waals surface area contributed by atoms with Gasteiger partial charge in [-0.2, -0.15) is 0 Å². The number of aryl methyl sites for hydroxylation is 14. The molecule has 0 bridgehead atoms. The Morgan fingerprint density at radius 3 is 0.563 bits per heavy atom. The Kier molecular flexibility index (Phi) is 23.7. The summed E-state index contributed by atoms with van der Waals surface area (Å²) in [4.78, 5) is 14.6. The highest BCUT2D eigenvalue weighted by Crippen LogP contribution is 2.54. The Balaban J connectivity index is 0.000000122. The Morgan fingerprint density at radius 1 is 0.120 bits per heavy atom. The van der Waals surface area contributed by atoms with Gasteiger partial charge in [-0.15, -0.1) is 0 Å². The summed E-state index contributed by atoms with van der Waals surface area (Å²) < 4.78 is 0. The summed E-state index contributed by atoms with van der Waals surface area (Å²) in [5.74, 6) is 0. The number of hydrogen-bond donors (Lipinski definition) is 0. The molecule has 0 atom stereocenters. The maximum atomic E-state index is 2.45. The predicted octanol–water partition coefficient (Wildman–Crippen LogP) is 39.5. The van der Waals surface area contributed by atoms with E-state index in [0.29, 0.717) is 0 Å². The van der Waals surface area contributed by atoms with Gasteiger partial charge in [-0.05, 0) is 423 Å². The van der Waals surface area contributed by atoms with Gasteiger partial charge in [0.2, 0.25) is 0 Å². The molecule has 0 heterocycles. The van der Waals surface area contributed by atoms with Crippen molar-refractivity contribution in [2.24, 2.45) is 0 Å². The van der Waals surface area contributed by atoms with E-state index >= 15 is 0 Å². The molecule has 0 N–H and O–H groups in total. The first-order valence-electron chi connectivity index (χ1n) is 49.8. The van der Waals surface area contributed by atoms with Crippen LogP contribution in [0.25, 0.3) is 97.0 Å². The van der Waals surface area contributed by atoms with Crippen LogP contribution < -0.4 is 29.4 Å². The molecule has 0 fully saturated rings. The minimum atomic E-state index is 1.14. The van der Waals surface area contributed by atoms with Crippen molar-refractivity contribution in [2.45, 2.75) is 111 Å². The van der Waals surface area contributed by atoms with E-state index in [0.717, 1.165) is 45.5 Å². The normalized spacial score (nSPS) is 11.5. The average Bonchev–Trinajstić information content (AvgIpc) is 0.725. The molecule has 0 unspecified atom stereocenters. The average molecular weight is 1830 g/mol. The lowest BCUT2D eigenvalue weighted by Crippen LogP contribution is -2.13. The van der Waals surface area contributed by atoms with Gasteiger partial charge in [0.15, 0.2) is 0 Å². The van der Waals surface area contributed by atoms with Crippen molar-refractivity contribution in [3.63, 3.8) is 0 Å². The van der Waals surface area contributed by atoms with Gasteiger partial charge in [0.1, 0.15) is 0 Å². The first kappa shape index (κ1) is 90.4. The summed E-state index contributed by atoms with van der Waals surface area (Å²) in [5, 5.41) is 22.8. The molecule has 0 aliphatic carbocycles. The minimum Gasteiger partial charge on any atom is -0.310 e. The first-order chi connectivity index (χ1) is 69.0. The van der Waals surface area contributed by atoms with E-state index < -0.39 is 0 Å². The quantitative estimate of drug-likeness (QED) is 0.0792. The largest absolute Gasteiger partial charge is 0.310 e. The van der Waals surface area contributed by atoms with Crippen LogP contribution in [0.2, 0.25) is 0 Å². The molecule has 690 valence electrons. The zero-order valence-electron chi connectivity index (χ0n) is 83.9. The van der Waals surface area contributed by atoms with Gasteiger partial charge in [0.25, 0.3) is 0 Å². The SMILES string of the molecule is Cc1cc(N(c2ccccc2)c2ccc3ccc4c(N(c5ccccc5)c5cc(C)c(C)c(C)c5)ccc5ccc2c3c54)cc(C)c1C.Cc1ccc(N(c2cc(C)ccc2C)c2ccc3ccc4c(N(c5ccc(C)cc5)c5cc(C)ccc5C)ccc5ccc2c3c54)cc1.Cc1ccc(N(c2ccccc2)c2ccc3ccc4c(N(c5ccccc5)c5ccc(C)c(C)c5)ccc5ccc2c3c54)cc1C.